The van der Waals surface area contributed by atoms with Gasteiger partial charge in [0.2, 0.25) is 0 Å². The van der Waals surface area contributed by atoms with E-state index in [4.69, 9.17) is 4.98 Å². The number of fused-ring (bicyclic) bond motifs is 1. The van der Waals surface area contributed by atoms with Crippen molar-refractivity contribution in [1.29, 1.82) is 0 Å². The Morgan fingerprint density at radius 3 is 2.33 bits per heavy atom. The first-order valence-corrected chi connectivity index (χ1v) is 11.8. The standard InChI is InChI=1S/C28H24N2O2S/c1-17(2)19-12-14-21(15-13-19)30-27(22-9-5-6-10-23(22)31)29-18(3)26(28(30)32)25-16-20-8-4-7-11-24(20)33-25/h4-17,31H,1-3H3. The number of hydrogen-bond donors (Lipinski definition) is 1. The minimum Gasteiger partial charge on any atom is -0.507 e. The van der Waals surface area contributed by atoms with Crippen LogP contribution in [0.1, 0.15) is 31.0 Å². The van der Waals surface area contributed by atoms with Crippen molar-refractivity contribution < 1.29 is 5.11 Å². The first kappa shape index (κ1) is 21.2. The summed E-state index contributed by atoms with van der Waals surface area (Å²) in [6.07, 6.45) is 0. The molecule has 5 heteroatoms. The molecule has 33 heavy (non-hydrogen) atoms. The number of aromatic nitrogens is 2. The van der Waals surface area contributed by atoms with Gasteiger partial charge >= 0.3 is 0 Å². The Bertz CT molecular complexity index is 1500. The Hall–Kier alpha value is -3.70. The summed E-state index contributed by atoms with van der Waals surface area (Å²) in [5.74, 6) is 0.905. The lowest BCUT2D eigenvalue weighted by Gasteiger charge is -2.17. The molecule has 0 aliphatic carbocycles. The minimum atomic E-state index is -0.149. The Balaban J connectivity index is 1.81. The van der Waals surface area contributed by atoms with Crippen molar-refractivity contribution in [2.24, 2.45) is 0 Å². The van der Waals surface area contributed by atoms with Crippen LogP contribution in [0, 0.1) is 6.92 Å². The molecule has 2 aromatic heterocycles. The van der Waals surface area contributed by atoms with Crippen LogP contribution in [-0.2, 0) is 0 Å². The Morgan fingerprint density at radius 2 is 1.64 bits per heavy atom. The molecule has 0 bridgehead atoms. The summed E-state index contributed by atoms with van der Waals surface area (Å²) < 4.78 is 2.75. The second-order valence-electron chi connectivity index (χ2n) is 8.45. The topological polar surface area (TPSA) is 55.1 Å². The molecule has 0 unspecified atom stereocenters. The third kappa shape index (κ3) is 3.74. The van der Waals surface area contributed by atoms with Gasteiger partial charge in [-0.05, 0) is 60.2 Å². The van der Waals surface area contributed by atoms with Crippen molar-refractivity contribution >= 4 is 21.4 Å². The second kappa shape index (κ2) is 8.34. The molecule has 164 valence electrons. The summed E-state index contributed by atoms with van der Waals surface area (Å²) in [6.45, 7) is 6.14. The molecule has 0 aliphatic rings. The van der Waals surface area contributed by atoms with Crippen molar-refractivity contribution in [3.05, 3.63) is 100 Å². The van der Waals surface area contributed by atoms with Crippen molar-refractivity contribution in [2.75, 3.05) is 0 Å². The molecule has 0 radical (unpaired) electrons. The van der Waals surface area contributed by atoms with Crippen molar-refractivity contribution in [1.82, 2.24) is 9.55 Å². The van der Waals surface area contributed by atoms with Crippen molar-refractivity contribution in [2.45, 2.75) is 26.7 Å². The summed E-state index contributed by atoms with van der Waals surface area (Å²) in [5, 5.41) is 11.7. The van der Waals surface area contributed by atoms with E-state index >= 15 is 0 Å². The highest BCUT2D eigenvalue weighted by atomic mass is 32.1. The van der Waals surface area contributed by atoms with Gasteiger partial charge < -0.3 is 5.11 Å². The molecule has 5 aromatic rings. The van der Waals surface area contributed by atoms with Crippen molar-refractivity contribution in [3.8, 4) is 33.3 Å². The van der Waals surface area contributed by atoms with Gasteiger partial charge in [-0.1, -0.05) is 56.3 Å². The number of thiophene rings is 1. The molecule has 0 amide bonds. The van der Waals surface area contributed by atoms with Gasteiger partial charge in [-0.2, -0.15) is 0 Å². The molecule has 5 rings (SSSR count). The molecule has 0 atom stereocenters. The van der Waals surface area contributed by atoms with Crippen LogP contribution in [0.2, 0.25) is 0 Å². The summed E-state index contributed by atoms with van der Waals surface area (Å²) in [4.78, 5) is 19.8. The summed E-state index contributed by atoms with van der Waals surface area (Å²) in [7, 11) is 0. The lowest BCUT2D eigenvalue weighted by Crippen LogP contribution is -2.24. The number of aryl methyl sites for hydroxylation is 1. The van der Waals surface area contributed by atoms with E-state index in [0.717, 1.165) is 20.7 Å². The third-order valence-corrected chi connectivity index (χ3v) is 7.03. The molecule has 0 aliphatic heterocycles. The largest absolute Gasteiger partial charge is 0.507 e. The van der Waals surface area contributed by atoms with Crippen LogP contribution in [0.4, 0.5) is 0 Å². The van der Waals surface area contributed by atoms with Gasteiger partial charge in [0.15, 0.2) is 5.82 Å². The van der Waals surface area contributed by atoms with Crippen LogP contribution in [0.15, 0.2) is 83.7 Å². The Kier molecular flexibility index (Phi) is 5.35. The molecule has 1 N–H and O–H groups in total. The normalized spacial score (nSPS) is 11.4. The lowest BCUT2D eigenvalue weighted by atomic mass is 10.0. The van der Waals surface area contributed by atoms with E-state index in [9.17, 15) is 9.90 Å². The summed E-state index contributed by atoms with van der Waals surface area (Å²) in [6, 6.07) is 25.2. The van der Waals surface area contributed by atoms with Gasteiger partial charge in [0.1, 0.15) is 5.75 Å². The van der Waals surface area contributed by atoms with Crippen molar-refractivity contribution in [3.63, 3.8) is 0 Å². The number of rotatable bonds is 4. The number of phenolic OH excluding ortho intramolecular Hbond substituents is 1. The quantitative estimate of drug-likeness (QED) is 0.322. The van der Waals surface area contributed by atoms with Gasteiger partial charge in [0.25, 0.3) is 5.56 Å². The van der Waals surface area contributed by atoms with Gasteiger partial charge in [-0.25, -0.2) is 4.98 Å². The number of phenols is 1. The van der Waals surface area contributed by atoms with Gasteiger partial charge in [0.05, 0.1) is 22.5 Å². The highest BCUT2D eigenvalue weighted by Gasteiger charge is 2.21. The smallest absolute Gasteiger partial charge is 0.267 e. The monoisotopic (exact) mass is 452 g/mol. The average Bonchev–Trinajstić information content (AvgIpc) is 3.23. The number of aromatic hydroxyl groups is 1. The fraction of sp³-hybridized carbons (Fsp3) is 0.143. The van der Waals surface area contributed by atoms with E-state index in [1.54, 1.807) is 34.1 Å². The van der Waals surface area contributed by atoms with Crippen LogP contribution in [0.3, 0.4) is 0 Å². The predicted molar refractivity (Wildman–Crippen MR) is 137 cm³/mol. The van der Waals surface area contributed by atoms with E-state index in [1.165, 1.54) is 5.56 Å². The zero-order chi connectivity index (χ0) is 23.1. The van der Waals surface area contributed by atoms with Crippen LogP contribution in [0.5, 0.6) is 5.75 Å². The Morgan fingerprint density at radius 1 is 0.939 bits per heavy atom. The zero-order valence-electron chi connectivity index (χ0n) is 18.7. The van der Waals surface area contributed by atoms with Gasteiger partial charge in [-0.15, -0.1) is 11.3 Å². The van der Waals surface area contributed by atoms with Crippen LogP contribution in [0.25, 0.3) is 37.6 Å². The fourth-order valence-electron chi connectivity index (χ4n) is 4.11. The minimum absolute atomic E-state index is 0.0889. The summed E-state index contributed by atoms with van der Waals surface area (Å²) >= 11 is 1.59. The van der Waals surface area contributed by atoms with E-state index < -0.39 is 0 Å². The SMILES string of the molecule is Cc1nc(-c2ccccc2O)n(-c2ccc(C(C)C)cc2)c(=O)c1-c1cc2ccccc2s1. The number of nitrogens with zero attached hydrogens (tertiary/aromatic N) is 2. The fourth-order valence-corrected chi connectivity index (χ4v) is 5.26. The number of benzene rings is 3. The molecular weight excluding hydrogens is 428 g/mol. The molecule has 4 nitrogen and oxygen atoms in total. The first-order valence-electron chi connectivity index (χ1n) is 11.0. The molecule has 3 aromatic carbocycles. The maximum Gasteiger partial charge on any atom is 0.267 e. The maximum absolute atomic E-state index is 14.0. The van der Waals surface area contributed by atoms with E-state index in [1.807, 2.05) is 49.4 Å². The van der Waals surface area contributed by atoms with E-state index in [-0.39, 0.29) is 11.3 Å². The first-order chi connectivity index (χ1) is 15.9. The van der Waals surface area contributed by atoms with Crippen LogP contribution < -0.4 is 5.56 Å². The lowest BCUT2D eigenvalue weighted by molar-refractivity contribution is 0.476. The highest BCUT2D eigenvalue weighted by molar-refractivity contribution is 7.22. The molecule has 0 spiro atoms. The molecule has 2 heterocycles. The van der Waals surface area contributed by atoms with Crippen LogP contribution >= 0.6 is 11.3 Å². The van der Waals surface area contributed by atoms with Gasteiger partial charge in [-0.3, -0.25) is 9.36 Å². The predicted octanol–water partition coefficient (Wildman–Crippen LogP) is 6.92. The number of para-hydroxylation sites is 1. The molecule has 0 fully saturated rings. The summed E-state index contributed by atoms with van der Waals surface area (Å²) in [5.41, 5.74) is 3.51. The molecular formula is C28H24N2O2S. The molecule has 0 saturated carbocycles. The van der Waals surface area contributed by atoms with Gasteiger partial charge in [0, 0.05) is 9.58 Å². The molecule has 0 saturated heterocycles. The number of hydrogen-bond acceptors (Lipinski definition) is 4. The van der Waals surface area contributed by atoms with E-state index in [0.29, 0.717) is 28.6 Å². The van der Waals surface area contributed by atoms with Crippen LogP contribution in [-0.4, -0.2) is 14.7 Å². The zero-order valence-corrected chi connectivity index (χ0v) is 19.6. The third-order valence-electron chi connectivity index (χ3n) is 5.90. The Labute approximate surface area is 196 Å². The highest BCUT2D eigenvalue weighted by Crippen LogP contribution is 2.35. The second-order valence-corrected chi connectivity index (χ2v) is 9.53. The van der Waals surface area contributed by atoms with E-state index in [2.05, 4.69) is 32.0 Å². The average molecular weight is 453 g/mol. The maximum atomic E-state index is 14.0.